The lowest BCUT2D eigenvalue weighted by molar-refractivity contribution is -0.119. The first-order valence-corrected chi connectivity index (χ1v) is 5.81. The van der Waals surface area contributed by atoms with Crippen molar-refractivity contribution in [3.8, 4) is 0 Å². The lowest BCUT2D eigenvalue weighted by Crippen LogP contribution is -2.36. The second kappa shape index (κ2) is 6.30. The zero-order valence-corrected chi connectivity index (χ0v) is 10.8. The molecular formula is C11H17ClN4O. The fourth-order valence-corrected chi connectivity index (χ4v) is 1.54. The molecule has 0 aliphatic carbocycles. The molecule has 0 aliphatic rings. The molecule has 0 spiro atoms. The number of nitrogen functional groups attached to an aromatic ring is 1. The average molecular weight is 257 g/mol. The highest BCUT2D eigenvalue weighted by Crippen LogP contribution is 2.21. The predicted molar refractivity (Wildman–Crippen MR) is 70.2 cm³/mol. The van der Waals surface area contributed by atoms with Crippen LogP contribution >= 0.6 is 11.6 Å². The predicted octanol–water partition coefficient (Wildman–Crippen LogP) is 1.28. The molecule has 0 aromatic carbocycles. The summed E-state index contributed by atoms with van der Waals surface area (Å²) < 4.78 is 0. The SMILES string of the molecule is CCCNC(=O)CN(C)c1ncc(Cl)cc1N. The summed E-state index contributed by atoms with van der Waals surface area (Å²) in [6.45, 7) is 2.90. The van der Waals surface area contributed by atoms with Crippen molar-refractivity contribution in [1.82, 2.24) is 10.3 Å². The number of hydrogen-bond acceptors (Lipinski definition) is 4. The van der Waals surface area contributed by atoms with Crippen LogP contribution in [0.5, 0.6) is 0 Å². The average Bonchev–Trinajstić information content (AvgIpc) is 2.26. The Morgan fingerprint density at radius 3 is 2.94 bits per heavy atom. The number of nitrogens with two attached hydrogens (primary N) is 1. The van der Waals surface area contributed by atoms with E-state index < -0.39 is 0 Å². The summed E-state index contributed by atoms with van der Waals surface area (Å²) in [5.41, 5.74) is 6.24. The number of anilines is 2. The van der Waals surface area contributed by atoms with E-state index in [1.165, 1.54) is 6.20 Å². The molecule has 94 valence electrons. The van der Waals surface area contributed by atoms with Crippen molar-refractivity contribution in [2.75, 3.05) is 30.8 Å². The van der Waals surface area contributed by atoms with Crippen molar-refractivity contribution in [1.29, 1.82) is 0 Å². The summed E-state index contributed by atoms with van der Waals surface area (Å²) in [6, 6.07) is 1.62. The van der Waals surface area contributed by atoms with E-state index in [-0.39, 0.29) is 12.5 Å². The van der Waals surface area contributed by atoms with Crippen LogP contribution in [0.15, 0.2) is 12.3 Å². The second-order valence-corrected chi connectivity index (χ2v) is 4.21. The van der Waals surface area contributed by atoms with E-state index in [0.717, 1.165) is 6.42 Å². The van der Waals surface area contributed by atoms with Gasteiger partial charge in [-0.05, 0) is 12.5 Å². The number of halogens is 1. The van der Waals surface area contributed by atoms with Gasteiger partial charge >= 0.3 is 0 Å². The Hall–Kier alpha value is -1.49. The monoisotopic (exact) mass is 256 g/mol. The quantitative estimate of drug-likeness (QED) is 0.833. The van der Waals surface area contributed by atoms with Gasteiger partial charge in [-0.2, -0.15) is 0 Å². The first kappa shape index (κ1) is 13.6. The number of carbonyl (C=O) groups is 1. The van der Waals surface area contributed by atoms with E-state index >= 15 is 0 Å². The topological polar surface area (TPSA) is 71.2 Å². The maximum Gasteiger partial charge on any atom is 0.239 e. The van der Waals surface area contributed by atoms with Gasteiger partial charge in [-0.15, -0.1) is 0 Å². The zero-order valence-electron chi connectivity index (χ0n) is 10.0. The van der Waals surface area contributed by atoms with Crippen LogP contribution in [-0.4, -0.2) is 31.0 Å². The van der Waals surface area contributed by atoms with Gasteiger partial charge < -0.3 is 16.0 Å². The molecule has 1 heterocycles. The summed E-state index contributed by atoms with van der Waals surface area (Å²) in [6.07, 6.45) is 2.42. The van der Waals surface area contributed by atoms with Gasteiger partial charge in [0.05, 0.1) is 17.3 Å². The molecule has 3 N–H and O–H groups in total. The molecule has 17 heavy (non-hydrogen) atoms. The molecular weight excluding hydrogens is 240 g/mol. The molecule has 0 radical (unpaired) electrons. The molecule has 1 amide bonds. The molecule has 6 heteroatoms. The number of likely N-dealkylation sites (N-methyl/N-ethyl adjacent to an activating group) is 1. The van der Waals surface area contributed by atoms with Gasteiger partial charge in [-0.1, -0.05) is 18.5 Å². The van der Waals surface area contributed by atoms with E-state index in [0.29, 0.717) is 23.1 Å². The smallest absolute Gasteiger partial charge is 0.239 e. The van der Waals surface area contributed by atoms with Gasteiger partial charge in [-0.3, -0.25) is 4.79 Å². The molecule has 1 rings (SSSR count). The van der Waals surface area contributed by atoms with Crippen LogP contribution in [-0.2, 0) is 4.79 Å². The van der Waals surface area contributed by atoms with Gasteiger partial charge in [0.25, 0.3) is 0 Å². The number of hydrogen-bond donors (Lipinski definition) is 2. The summed E-state index contributed by atoms with van der Waals surface area (Å²) >= 11 is 5.76. The zero-order chi connectivity index (χ0) is 12.8. The van der Waals surface area contributed by atoms with E-state index in [2.05, 4.69) is 10.3 Å². The van der Waals surface area contributed by atoms with Crippen molar-refractivity contribution in [3.05, 3.63) is 17.3 Å². The van der Waals surface area contributed by atoms with Crippen molar-refractivity contribution < 1.29 is 4.79 Å². The number of nitrogens with one attached hydrogen (secondary N) is 1. The van der Waals surface area contributed by atoms with E-state index in [9.17, 15) is 4.79 Å². The second-order valence-electron chi connectivity index (χ2n) is 3.77. The third-order valence-corrected chi connectivity index (χ3v) is 2.38. The molecule has 0 unspecified atom stereocenters. The lowest BCUT2D eigenvalue weighted by atomic mass is 10.3. The standard InChI is InChI=1S/C11H17ClN4O/c1-3-4-14-10(17)7-16(2)11-9(13)5-8(12)6-15-11/h5-6H,3-4,7,13H2,1-2H3,(H,14,17). The van der Waals surface area contributed by atoms with Crippen LogP contribution in [0.4, 0.5) is 11.5 Å². The highest BCUT2D eigenvalue weighted by molar-refractivity contribution is 6.30. The molecule has 1 aromatic rings. The van der Waals surface area contributed by atoms with Crippen LogP contribution in [0.3, 0.4) is 0 Å². The van der Waals surface area contributed by atoms with Crippen LogP contribution in [0, 0.1) is 0 Å². The number of amides is 1. The van der Waals surface area contributed by atoms with E-state index in [4.69, 9.17) is 17.3 Å². The van der Waals surface area contributed by atoms with E-state index in [1.807, 2.05) is 6.92 Å². The molecule has 1 aromatic heterocycles. The Balaban J connectivity index is 2.63. The minimum Gasteiger partial charge on any atom is -0.396 e. The Labute approximate surface area is 106 Å². The summed E-state index contributed by atoms with van der Waals surface area (Å²) in [5.74, 6) is 0.506. The van der Waals surface area contributed by atoms with Gasteiger partial charge in [0.1, 0.15) is 0 Å². The van der Waals surface area contributed by atoms with Crippen molar-refractivity contribution in [2.24, 2.45) is 0 Å². The Morgan fingerprint density at radius 1 is 1.65 bits per heavy atom. The van der Waals surface area contributed by atoms with Crippen LogP contribution < -0.4 is 16.0 Å². The summed E-state index contributed by atoms with van der Waals surface area (Å²) in [5, 5.41) is 3.27. The maximum atomic E-state index is 11.5. The van der Waals surface area contributed by atoms with Gasteiger partial charge in [-0.25, -0.2) is 4.98 Å². The van der Waals surface area contributed by atoms with Gasteiger partial charge in [0.2, 0.25) is 5.91 Å². The molecule has 0 bridgehead atoms. The first-order valence-electron chi connectivity index (χ1n) is 5.43. The number of pyridine rings is 1. The maximum absolute atomic E-state index is 11.5. The highest BCUT2D eigenvalue weighted by atomic mass is 35.5. The number of carbonyl (C=O) groups excluding carboxylic acids is 1. The Kier molecular flexibility index (Phi) is 5.03. The highest BCUT2D eigenvalue weighted by Gasteiger charge is 2.11. The lowest BCUT2D eigenvalue weighted by Gasteiger charge is -2.19. The number of nitrogens with zero attached hydrogens (tertiary/aromatic N) is 2. The molecule has 0 fully saturated rings. The Morgan fingerprint density at radius 2 is 2.35 bits per heavy atom. The molecule has 0 atom stereocenters. The fraction of sp³-hybridized carbons (Fsp3) is 0.455. The molecule has 5 nitrogen and oxygen atoms in total. The van der Waals surface area contributed by atoms with Crippen LogP contribution in [0.2, 0.25) is 5.02 Å². The van der Waals surface area contributed by atoms with Crippen molar-refractivity contribution >= 4 is 29.0 Å². The number of rotatable bonds is 5. The van der Waals surface area contributed by atoms with Crippen molar-refractivity contribution in [3.63, 3.8) is 0 Å². The first-order chi connectivity index (χ1) is 8.04. The fourth-order valence-electron chi connectivity index (χ4n) is 1.38. The summed E-state index contributed by atoms with van der Waals surface area (Å²) in [4.78, 5) is 17.3. The van der Waals surface area contributed by atoms with Crippen LogP contribution in [0.1, 0.15) is 13.3 Å². The molecule has 0 saturated heterocycles. The minimum absolute atomic E-state index is 0.0505. The third-order valence-electron chi connectivity index (χ3n) is 2.18. The van der Waals surface area contributed by atoms with Crippen molar-refractivity contribution in [2.45, 2.75) is 13.3 Å². The summed E-state index contributed by atoms with van der Waals surface area (Å²) in [7, 11) is 1.76. The van der Waals surface area contributed by atoms with Crippen LogP contribution in [0.25, 0.3) is 0 Å². The molecule has 0 aliphatic heterocycles. The third kappa shape index (κ3) is 4.11. The normalized spacial score (nSPS) is 10.1. The van der Waals surface area contributed by atoms with Gasteiger partial charge in [0.15, 0.2) is 5.82 Å². The minimum atomic E-state index is -0.0505. The number of aromatic nitrogens is 1. The molecule has 0 saturated carbocycles. The largest absolute Gasteiger partial charge is 0.396 e. The Bertz CT molecular complexity index is 397. The van der Waals surface area contributed by atoms with E-state index in [1.54, 1.807) is 18.0 Å². The van der Waals surface area contributed by atoms with Gasteiger partial charge in [0, 0.05) is 19.8 Å².